The summed E-state index contributed by atoms with van der Waals surface area (Å²) in [5.41, 5.74) is 1.18. The molecular formula is C23H18N2O4. The molecule has 0 spiro atoms. The number of rotatable bonds is 6. The van der Waals surface area contributed by atoms with Crippen molar-refractivity contribution in [2.75, 3.05) is 5.32 Å². The first-order chi connectivity index (χ1) is 14.0. The molecule has 144 valence electrons. The first-order valence-corrected chi connectivity index (χ1v) is 8.90. The molecule has 0 aromatic heterocycles. The monoisotopic (exact) mass is 386 g/mol. The number of amides is 1. The number of carbonyl (C=O) groups is 2. The van der Waals surface area contributed by atoms with E-state index in [1.54, 1.807) is 42.5 Å². The smallest absolute Gasteiger partial charge is 0.338 e. The van der Waals surface area contributed by atoms with Gasteiger partial charge in [0.2, 0.25) is 0 Å². The third kappa shape index (κ3) is 5.44. The number of nitrogens with one attached hydrogen (secondary N) is 1. The van der Waals surface area contributed by atoms with Crippen LogP contribution in [0.1, 0.15) is 22.8 Å². The number of ether oxygens (including phenoxy) is 2. The van der Waals surface area contributed by atoms with Crippen molar-refractivity contribution in [2.24, 2.45) is 0 Å². The summed E-state index contributed by atoms with van der Waals surface area (Å²) in [5.74, 6) is 0.159. The van der Waals surface area contributed by atoms with Gasteiger partial charge in [0.15, 0.2) is 6.10 Å². The fourth-order valence-corrected chi connectivity index (χ4v) is 2.48. The molecule has 0 aliphatic heterocycles. The van der Waals surface area contributed by atoms with Crippen LogP contribution in [-0.4, -0.2) is 18.0 Å². The van der Waals surface area contributed by atoms with Crippen molar-refractivity contribution >= 4 is 17.6 Å². The number of nitrogens with zero attached hydrogens (tertiary/aromatic N) is 1. The van der Waals surface area contributed by atoms with Crippen molar-refractivity contribution in [2.45, 2.75) is 13.0 Å². The lowest BCUT2D eigenvalue weighted by atomic mass is 10.2. The van der Waals surface area contributed by atoms with E-state index in [9.17, 15) is 9.59 Å². The summed E-state index contributed by atoms with van der Waals surface area (Å²) in [6.45, 7) is 1.48. The van der Waals surface area contributed by atoms with E-state index in [0.29, 0.717) is 28.3 Å². The Labute approximate surface area is 168 Å². The number of carbonyl (C=O) groups excluding carboxylic acids is 2. The van der Waals surface area contributed by atoms with E-state index in [2.05, 4.69) is 5.32 Å². The van der Waals surface area contributed by atoms with Crippen molar-refractivity contribution in [3.63, 3.8) is 0 Å². The molecule has 0 radical (unpaired) electrons. The van der Waals surface area contributed by atoms with Gasteiger partial charge in [-0.25, -0.2) is 4.79 Å². The summed E-state index contributed by atoms with van der Waals surface area (Å²) in [6, 6.07) is 24.2. The molecule has 3 rings (SSSR count). The number of anilines is 1. The number of esters is 1. The molecule has 0 aliphatic rings. The largest absolute Gasteiger partial charge is 0.457 e. The normalized spacial score (nSPS) is 11.0. The van der Waals surface area contributed by atoms with Crippen molar-refractivity contribution < 1.29 is 19.1 Å². The van der Waals surface area contributed by atoms with E-state index >= 15 is 0 Å². The Morgan fingerprint density at radius 1 is 0.931 bits per heavy atom. The molecular weight excluding hydrogens is 368 g/mol. The molecule has 3 aromatic rings. The zero-order chi connectivity index (χ0) is 20.6. The summed E-state index contributed by atoms with van der Waals surface area (Å²) >= 11 is 0. The molecule has 1 atom stereocenters. The second kappa shape index (κ2) is 9.20. The standard InChI is InChI=1S/C23H18N2O4/c1-16(22(26)25-19-7-5-6-17(14-19)15-24)28-23(27)18-10-12-21(13-11-18)29-20-8-3-2-4-9-20/h2-14,16H,1H3,(H,25,26). The highest BCUT2D eigenvalue weighted by Crippen LogP contribution is 2.21. The van der Waals surface area contributed by atoms with Crippen molar-refractivity contribution in [1.29, 1.82) is 5.26 Å². The van der Waals surface area contributed by atoms with Crippen LogP contribution in [0.15, 0.2) is 78.9 Å². The van der Waals surface area contributed by atoms with Gasteiger partial charge in [0.25, 0.3) is 5.91 Å². The Morgan fingerprint density at radius 3 is 2.31 bits per heavy atom. The lowest BCUT2D eigenvalue weighted by Gasteiger charge is -2.14. The fraction of sp³-hybridized carbons (Fsp3) is 0.0870. The number of hydrogen-bond donors (Lipinski definition) is 1. The minimum atomic E-state index is -1.01. The van der Waals surface area contributed by atoms with Gasteiger partial charge in [-0.1, -0.05) is 24.3 Å². The van der Waals surface area contributed by atoms with Crippen LogP contribution in [0.25, 0.3) is 0 Å². The topological polar surface area (TPSA) is 88.4 Å². The maximum Gasteiger partial charge on any atom is 0.338 e. The number of hydrogen-bond acceptors (Lipinski definition) is 5. The highest BCUT2D eigenvalue weighted by Gasteiger charge is 2.19. The molecule has 1 amide bonds. The summed E-state index contributed by atoms with van der Waals surface area (Å²) in [6.07, 6.45) is -1.01. The third-order valence-electron chi connectivity index (χ3n) is 3.98. The van der Waals surface area contributed by atoms with Gasteiger partial charge >= 0.3 is 5.97 Å². The van der Waals surface area contributed by atoms with Crippen LogP contribution in [0.5, 0.6) is 11.5 Å². The number of para-hydroxylation sites is 1. The lowest BCUT2D eigenvalue weighted by molar-refractivity contribution is -0.123. The molecule has 1 unspecified atom stereocenters. The lowest BCUT2D eigenvalue weighted by Crippen LogP contribution is -2.30. The highest BCUT2D eigenvalue weighted by atomic mass is 16.5. The maximum absolute atomic E-state index is 12.3. The SMILES string of the molecule is CC(OC(=O)c1ccc(Oc2ccccc2)cc1)C(=O)Nc1cccc(C#N)c1. The number of nitriles is 1. The Bertz CT molecular complexity index is 1040. The quantitative estimate of drug-likeness (QED) is 0.629. The van der Waals surface area contributed by atoms with Gasteiger partial charge in [-0.15, -0.1) is 0 Å². The van der Waals surface area contributed by atoms with Gasteiger partial charge in [0.05, 0.1) is 17.2 Å². The summed E-state index contributed by atoms with van der Waals surface area (Å²) < 4.78 is 10.9. The van der Waals surface area contributed by atoms with Gasteiger partial charge in [-0.2, -0.15) is 5.26 Å². The first-order valence-electron chi connectivity index (χ1n) is 8.90. The average Bonchev–Trinajstić information content (AvgIpc) is 2.75. The zero-order valence-corrected chi connectivity index (χ0v) is 15.7. The minimum absolute atomic E-state index is 0.302. The van der Waals surface area contributed by atoms with Gasteiger partial charge in [0.1, 0.15) is 11.5 Å². The van der Waals surface area contributed by atoms with Crippen LogP contribution in [0, 0.1) is 11.3 Å². The molecule has 0 heterocycles. The molecule has 1 N–H and O–H groups in total. The van der Waals surface area contributed by atoms with Crippen LogP contribution in [0.2, 0.25) is 0 Å². The molecule has 6 heteroatoms. The van der Waals surface area contributed by atoms with Gasteiger partial charge in [-0.3, -0.25) is 4.79 Å². The van der Waals surface area contributed by atoms with Crippen LogP contribution < -0.4 is 10.1 Å². The molecule has 29 heavy (non-hydrogen) atoms. The Kier molecular flexibility index (Phi) is 6.23. The highest BCUT2D eigenvalue weighted by molar-refractivity contribution is 5.97. The molecule has 3 aromatic carbocycles. The van der Waals surface area contributed by atoms with Crippen molar-refractivity contribution in [1.82, 2.24) is 0 Å². The van der Waals surface area contributed by atoms with E-state index < -0.39 is 18.0 Å². The molecule has 0 aliphatic carbocycles. The van der Waals surface area contributed by atoms with Crippen molar-refractivity contribution in [3.05, 3.63) is 90.0 Å². The van der Waals surface area contributed by atoms with E-state index in [0.717, 1.165) is 0 Å². The van der Waals surface area contributed by atoms with Gasteiger partial charge in [0, 0.05) is 5.69 Å². The van der Waals surface area contributed by atoms with E-state index in [1.807, 2.05) is 36.4 Å². The fourth-order valence-electron chi connectivity index (χ4n) is 2.48. The Hall–Kier alpha value is -4.11. The first kappa shape index (κ1) is 19.6. The predicted molar refractivity (Wildman–Crippen MR) is 108 cm³/mol. The third-order valence-corrected chi connectivity index (χ3v) is 3.98. The zero-order valence-electron chi connectivity index (χ0n) is 15.7. The molecule has 0 fully saturated rings. The average molecular weight is 386 g/mol. The maximum atomic E-state index is 12.3. The van der Waals surface area contributed by atoms with Gasteiger partial charge < -0.3 is 14.8 Å². The molecule has 0 bridgehead atoms. The summed E-state index contributed by atoms with van der Waals surface area (Å²) in [7, 11) is 0. The van der Waals surface area contributed by atoms with Crippen LogP contribution in [0.4, 0.5) is 5.69 Å². The minimum Gasteiger partial charge on any atom is -0.457 e. The second-order valence-electron chi connectivity index (χ2n) is 6.17. The van der Waals surface area contributed by atoms with Crippen LogP contribution in [-0.2, 0) is 9.53 Å². The van der Waals surface area contributed by atoms with E-state index in [1.165, 1.54) is 13.0 Å². The predicted octanol–water partition coefficient (Wildman–Crippen LogP) is 4.53. The van der Waals surface area contributed by atoms with Crippen LogP contribution >= 0.6 is 0 Å². The summed E-state index contributed by atoms with van der Waals surface area (Å²) in [5, 5.41) is 11.5. The second-order valence-corrected chi connectivity index (χ2v) is 6.17. The molecule has 0 saturated heterocycles. The molecule has 0 saturated carbocycles. The number of benzene rings is 3. The van der Waals surface area contributed by atoms with Gasteiger partial charge in [-0.05, 0) is 61.5 Å². The Morgan fingerprint density at radius 2 is 1.62 bits per heavy atom. The molecule has 6 nitrogen and oxygen atoms in total. The van der Waals surface area contributed by atoms with Crippen LogP contribution in [0.3, 0.4) is 0 Å². The Balaban J connectivity index is 1.57. The van der Waals surface area contributed by atoms with E-state index in [-0.39, 0.29) is 0 Å². The van der Waals surface area contributed by atoms with Crippen molar-refractivity contribution in [3.8, 4) is 17.6 Å². The van der Waals surface area contributed by atoms with E-state index in [4.69, 9.17) is 14.7 Å². The summed E-state index contributed by atoms with van der Waals surface area (Å²) in [4.78, 5) is 24.5.